The Bertz CT molecular complexity index is 686. The highest BCUT2D eigenvalue weighted by Crippen LogP contribution is 2.37. The fraction of sp³-hybridized carbons (Fsp3) is 0.412. The molecule has 0 spiro atoms. The second kappa shape index (κ2) is 7.08. The molecule has 1 unspecified atom stereocenters. The molecule has 122 valence electrons. The predicted molar refractivity (Wildman–Crippen MR) is 93.1 cm³/mol. The van der Waals surface area contributed by atoms with Crippen molar-refractivity contribution in [2.24, 2.45) is 0 Å². The number of thioether (sulfide) groups is 1. The predicted octanol–water partition coefficient (Wildman–Crippen LogP) is 3.70. The summed E-state index contributed by atoms with van der Waals surface area (Å²) in [5, 5.41) is 7.15. The first kappa shape index (κ1) is 15.9. The average Bonchev–Trinajstić information content (AvgIpc) is 2.85. The number of carbonyl (C=O) groups is 1. The van der Waals surface area contributed by atoms with E-state index >= 15 is 0 Å². The number of fused-ring (bicyclic) bond motifs is 1. The smallest absolute Gasteiger partial charge is 0.227 e. The van der Waals surface area contributed by atoms with E-state index in [1.165, 1.54) is 10.6 Å². The van der Waals surface area contributed by atoms with E-state index in [-0.39, 0.29) is 5.91 Å². The number of nitrogens with zero attached hydrogens (tertiary/aromatic N) is 2. The first-order valence-electron chi connectivity index (χ1n) is 7.85. The van der Waals surface area contributed by atoms with Crippen LogP contribution >= 0.6 is 11.8 Å². The van der Waals surface area contributed by atoms with Crippen LogP contribution in [0.2, 0.25) is 0 Å². The Balaban J connectivity index is 1.62. The number of hydrogen-bond donors (Lipinski definition) is 1. The number of nitrogens with one attached hydrogen (secondary N) is 1. The van der Waals surface area contributed by atoms with Gasteiger partial charge in [-0.3, -0.25) is 4.79 Å². The van der Waals surface area contributed by atoms with Gasteiger partial charge in [0.2, 0.25) is 5.91 Å². The maximum atomic E-state index is 12.1. The van der Waals surface area contributed by atoms with Crippen molar-refractivity contribution >= 4 is 29.2 Å². The number of aromatic nitrogens is 1. The van der Waals surface area contributed by atoms with E-state index < -0.39 is 0 Å². The van der Waals surface area contributed by atoms with Crippen molar-refractivity contribution in [3.05, 3.63) is 36.1 Å². The van der Waals surface area contributed by atoms with Crippen molar-refractivity contribution in [2.45, 2.75) is 36.8 Å². The molecule has 0 radical (unpaired) electrons. The normalized spacial score (nSPS) is 17.5. The molecule has 0 fully saturated rings. The van der Waals surface area contributed by atoms with E-state index in [1.54, 1.807) is 13.0 Å². The quantitative estimate of drug-likeness (QED) is 0.925. The second-order valence-corrected chi connectivity index (χ2v) is 7.27. The van der Waals surface area contributed by atoms with Crippen molar-refractivity contribution in [1.82, 2.24) is 5.16 Å². The Kier molecular flexibility index (Phi) is 4.91. The van der Waals surface area contributed by atoms with Crippen LogP contribution in [0.4, 0.5) is 11.5 Å². The molecule has 1 aromatic carbocycles. The Hall–Kier alpha value is -1.95. The number of aryl methyl sites for hydroxylation is 1. The fourth-order valence-electron chi connectivity index (χ4n) is 2.65. The molecule has 1 N–H and O–H groups in total. The average molecular weight is 331 g/mol. The third-order valence-electron chi connectivity index (χ3n) is 3.84. The van der Waals surface area contributed by atoms with Crippen molar-refractivity contribution < 1.29 is 9.32 Å². The maximum Gasteiger partial charge on any atom is 0.227 e. The van der Waals surface area contributed by atoms with Crippen molar-refractivity contribution in [3.63, 3.8) is 0 Å². The number of benzene rings is 1. The molecule has 6 heteroatoms. The zero-order chi connectivity index (χ0) is 16.2. The van der Waals surface area contributed by atoms with E-state index in [0.717, 1.165) is 13.0 Å². The van der Waals surface area contributed by atoms with Crippen LogP contribution in [0.3, 0.4) is 0 Å². The number of para-hydroxylation sites is 1. The minimum atomic E-state index is -0.0410. The Morgan fingerprint density at radius 1 is 1.48 bits per heavy atom. The summed E-state index contributed by atoms with van der Waals surface area (Å²) in [5.41, 5.74) is 1.23. The summed E-state index contributed by atoms with van der Waals surface area (Å²) in [7, 11) is 0. The van der Waals surface area contributed by atoms with Crippen LogP contribution in [-0.4, -0.2) is 29.4 Å². The summed E-state index contributed by atoms with van der Waals surface area (Å²) >= 11 is 1.91. The summed E-state index contributed by atoms with van der Waals surface area (Å²) in [6.45, 7) is 5.73. The van der Waals surface area contributed by atoms with Crippen molar-refractivity contribution in [3.8, 4) is 0 Å². The first-order valence-corrected chi connectivity index (χ1v) is 8.73. The van der Waals surface area contributed by atoms with Gasteiger partial charge < -0.3 is 14.7 Å². The van der Waals surface area contributed by atoms with Gasteiger partial charge in [0.25, 0.3) is 0 Å². The Labute approximate surface area is 140 Å². The summed E-state index contributed by atoms with van der Waals surface area (Å²) in [4.78, 5) is 15.7. The molecular weight excluding hydrogens is 310 g/mol. The monoisotopic (exact) mass is 331 g/mol. The van der Waals surface area contributed by atoms with Crippen LogP contribution in [0.5, 0.6) is 0 Å². The molecule has 2 aromatic rings. The van der Waals surface area contributed by atoms with Crippen molar-refractivity contribution in [1.29, 1.82) is 0 Å². The topological polar surface area (TPSA) is 58.4 Å². The Morgan fingerprint density at radius 3 is 3.09 bits per heavy atom. The number of anilines is 2. The lowest BCUT2D eigenvalue weighted by Gasteiger charge is -2.24. The first-order chi connectivity index (χ1) is 11.1. The highest BCUT2D eigenvalue weighted by atomic mass is 32.2. The van der Waals surface area contributed by atoms with Gasteiger partial charge in [-0.2, -0.15) is 0 Å². The molecule has 1 aliphatic heterocycles. The summed E-state index contributed by atoms with van der Waals surface area (Å²) in [6, 6.07) is 10.1. The van der Waals surface area contributed by atoms with Gasteiger partial charge in [0.05, 0.1) is 5.69 Å². The minimum absolute atomic E-state index is 0.0410. The van der Waals surface area contributed by atoms with Crippen LogP contribution < -0.4 is 10.2 Å². The standard InChI is InChI=1S/C17H21N3O2S/c1-12-11-16(19-22-12)18-17(21)8-10-20-9-7-13(2)23-15-6-4-3-5-14(15)20/h3-6,11,13H,7-10H2,1-2H3,(H,18,19,21). The molecule has 2 heterocycles. The highest BCUT2D eigenvalue weighted by Gasteiger charge is 2.19. The van der Waals surface area contributed by atoms with Crippen molar-refractivity contribution in [2.75, 3.05) is 23.3 Å². The lowest BCUT2D eigenvalue weighted by molar-refractivity contribution is -0.116. The molecule has 23 heavy (non-hydrogen) atoms. The van der Waals surface area contributed by atoms with E-state index in [1.807, 2.05) is 11.8 Å². The summed E-state index contributed by atoms with van der Waals surface area (Å²) in [5.74, 6) is 1.13. The summed E-state index contributed by atoms with van der Waals surface area (Å²) < 4.78 is 4.96. The molecule has 1 amide bonds. The number of carbonyl (C=O) groups excluding carboxylic acids is 1. The van der Waals surface area contributed by atoms with Crippen LogP contribution in [0, 0.1) is 6.92 Å². The molecule has 1 atom stereocenters. The van der Waals surface area contributed by atoms with Crippen LogP contribution in [0.25, 0.3) is 0 Å². The molecule has 3 rings (SSSR count). The molecule has 0 saturated carbocycles. The van der Waals surface area contributed by atoms with E-state index in [0.29, 0.717) is 29.8 Å². The van der Waals surface area contributed by atoms with E-state index in [4.69, 9.17) is 4.52 Å². The van der Waals surface area contributed by atoms with Gasteiger partial charge in [-0.25, -0.2) is 0 Å². The van der Waals surface area contributed by atoms with Crippen LogP contribution in [-0.2, 0) is 4.79 Å². The van der Waals surface area contributed by atoms with Crippen LogP contribution in [0.15, 0.2) is 39.8 Å². The van der Waals surface area contributed by atoms with E-state index in [9.17, 15) is 4.79 Å². The third kappa shape index (κ3) is 4.07. The van der Waals surface area contributed by atoms with Gasteiger partial charge in [0.1, 0.15) is 5.76 Å². The fourth-order valence-corrected chi connectivity index (χ4v) is 3.78. The maximum absolute atomic E-state index is 12.1. The SMILES string of the molecule is Cc1cc(NC(=O)CCN2CCC(C)Sc3ccccc32)no1. The zero-order valence-electron chi connectivity index (χ0n) is 13.4. The van der Waals surface area contributed by atoms with Gasteiger partial charge in [-0.1, -0.05) is 24.2 Å². The van der Waals surface area contributed by atoms with Crippen LogP contribution in [0.1, 0.15) is 25.5 Å². The molecule has 0 aliphatic carbocycles. The van der Waals surface area contributed by atoms with E-state index in [2.05, 4.69) is 46.6 Å². The minimum Gasteiger partial charge on any atom is -0.370 e. The lowest BCUT2D eigenvalue weighted by atomic mass is 10.2. The molecular formula is C17H21N3O2S. The van der Waals surface area contributed by atoms with Gasteiger partial charge in [-0.05, 0) is 25.5 Å². The zero-order valence-corrected chi connectivity index (χ0v) is 14.2. The van der Waals surface area contributed by atoms with Gasteiger partial charge in [0, 0.05) is 35.7 Å². The number of rotatable bonds is 4. The van der Waals surface area contributed by atoms with Gasteiger partial charge in [0.15, 0.2) is 5.82 Å². The number of hydrogen-bond acceptors (Lipinski definition) is 5. The molecule has 0 saturated heterocycles. The van der Waals surface area contributed by atoms with Gasteiger partial charge >= 0.3 is 0 Å². The second-order valence-electron chi connectivity index (χ2n) is 5.79. The Morgan fingerprint density at radius 2 is 2.30 bits per heavy atom. The molecule has 5 nitrogen and oxygen atoms in total. The molecule has 0 bridgehead atoms. The number of amides is 1. The summed E-state index contributed by atoms with van der Waals surface area (Å²) in [6.07, 6.45) is 1.54. The van der Waals surface area contributed by atoms with Gasteiger partial charge in [-0.15, -0.1) is 11.8 Å². The molecule has 1 aromatic heterocycles. The third-order valence-corrected chi connectivity index (χ3v) is 5.08. The highest BCUT2D eigenvalue weighted by molar-refractivity contribution is 8.00. The largest absolute Gasteiger partial charge is 0.370 e. The molecule has 1 aliphatic rings. The lowest BCUT2D eigenvalue weighted by Crippen LogP contribution is -2.29.